The molecule has 19 heavy (non-hydrogen) atoms. The third-order valence-electron chi connectivity index (χ3n) is 2.17. The van der Waals surface area contributed by atoms with Crippen molar-refractivity contribution in [2.45, 2.75) is 11.3 Å². The highest BCUT2D eigenvalue weighted by molar-refractivity contribution is 7.92. The predicted octanol–water partition coefficient (Wildman–Crippen LogP) is 0.211. The molecule has 0 saturated heterocycles. The molecule has 0 spiro atoms. The number of nitrogens with one attached hydrogen (secondary N) is 1. The van der Waals surface area contributed by atoms with Gasteiger partial charge in [-0.25, -0.2) is 12.8 Å². The summed E-state index contributed by atoms with van der Waals surface area (Å²) in [6.07, 6.45) is 0.0714. The van der Waals surface area contributed by atoms with Gasteiger partial charge in [0.05, 0.1) is 12.5 Å². The van der Waals surface area contributed by atoms with Crippen LogP contribution in [0.15, 0.2) is 23.1 Å². The first-order valence-electron chi connectivity index (χ1n) is 5.28. The van der Waals surface area contributed by atoms with Crippen LogP contribution in [-0.4, -0.2) is 26.6 Å². The number of nitrogens with zero attached hydrogens (tertiary/aromatic N) is 1. The van der Waals surface area contributed by atoms with E-state index in [1.807, 2.05) is 0 Å². The lowest BCUT2D eigenvalue weighted by atomic mass is 10.3. The minimum atomic E-state index is -4.07. The maximum absolute atomic E-state index is 13.5. The Labute approximate surface area is 109 Å². The molecule has 0 saturated carbocycles. The molecule has 3 N–H and O–H groups in total. The third-order valence-corrected chi connectivity index (χ3v) is 3.81. The zero-order valence-corrected chi connectivity index (χ0v) is 10.7. The van der Waals surface area contributed by atoms with E-state index in [0.29, 0.717) is 0 Å². The van der Waals surface area contributed by atoms with E-state index in [9.17, 15) is 17.6 Å². The first-order chi connectivity index (χ1) is 8.86. The van der Waals surface area contributed by atoms with E-state index >= 15 is 0 Å². The van der Waals surface area contributed by atoms with Crippen LogP contribution in [0.3, 0.4) is 0 Å². The highest BCUT2D eigenvalue weighted by Crippen LogP contribution is 2.18. The number of anilines is 1. The number of amides is 1. The van der Waals surface area contributed by atoms with Crippen LogP contribution in [0.4, 0.5) is 10.1 Å². The van der Waals surface area contributed by atoms with E-state index < -0.39 is 32.2 Å². The number of carbonyl (C=O) groups is 1. The molecule has 1 rings (SSSR count). The number of carbonyl (C=O) groups excluding carboxylic acids is 1. The second-order valence-corrected chi connectivity index (χ2v) is 5.67. The van der Waals surface area contributed by atoms with Gasteiger partial charge in [0.2, 0.25) is 5.91 Å². The average molecular weight is 285 g/mol. The molecular weight excluding hydrogens is 273 g/mol. The Morgan fingerprint density at radius 2 is 2.16 bits per heavy atom. The fraction of sp³-hybridized carbons (Fsp3) is 0.273. The number of nitriles is 1. The van der Waals surface area contributed by atoms with E-state index in [1.54, 1.807) is 6.07 Å². The summed E-state index contributed by atoms with van der Waals surface area (Å²) in [6.45, 7) is 0.0507. The number of benzene rings is 1. The van der Waals surface area contributed by atoms with Crippen molar-refractivity contribution in [2.75, 3.05) is 18.0 Å². The van der Waals surface area contributed by atoms with E-state index in [-0.39, 0.29) is 18.7 Å². The Hall–Kier alpha value is -2.14. The molecule has 1 aromatic carbocycles. The minimum absolute atomic E-state index is 0.0507. The monoisotopic (exact) mass is 285 g/mol. The summed E-state index contributed by atoms with van der Waals surface area (Å²) in [5.74, 6) is -2.66. The first kappa shape index (κ1) is 14.9. The summed E-state index contributed by atoms with van der Waals surface area (Å²) in [5, 5.41) is 10.5. The number of sulfone groups is 1. The molecule has 1 amide bonds. The zero-order valence-electron chi connectivity index (χ0n) is 9.89. The zero-order chi connectivity index (χ0) is 14.5. The van der Waals surface area contributed by atoms with Gasteiger partial charge >= 0.3 is 0 Å². The molecule has 0 aliphatic rings. The van der Waals surface area contributed by atoms with Crippen LogP contribution in [0, 0.1) is 17.1 Å². The lowest BCUT2D eigenvalue weighted by Crippen LogP contribution is -2.31. The molecule has 1 aromatic rings. The van der Waals surface area contributed by atoms with E-state index in [4.69, 9.17) is 11.0 Å². The van der Waals surface area contributed by atoms with Crippen molar-refractivity contribution < 1.29 is 17.6 Å². The second-order valence-electron chi connectivity index (χ2n) is 3.71. The smallest absolute Gasteiger partial charge is 0.235 e. The maximum Gasteiger partial charge on any atom is 0.235 e. The van der Waals surface area contributed by atoms with Crippen LogP contribution in [-0.2, 0) is 14.6 Å². The molecule has 0 atom stereocenters. The van der Waals surface area contributed by atoms with Crippen LogP contribution in [0.5, 0.6) is 0 Å². The number of nitrogens with two attached hydrogens (primary N) is 1. The van der Waals surface area contributed by atoms with Gasteiger partial charge in [-0.3, -0.25) is 4.79 Å². The number of nitrogen functional groups attached to an aromatic ring is 1. The average Bonchev–Trinajstić information content (AvgIpc) is 2.27. The summed E-state index contributed by atoms with van der Waals surface area (Å²) >= 11 is 0. The highest BCUT2D eigenvalue weighted by atomic mass is 32.2. The van der Waals surface area contributed by atoms with Crippen LogP contribution in [0.25, 0.3) is 0 Å². The van der Waals surface area contributed by atoms with Crippen molar-refractivity contribution in [3.63, 3.8) is 0 Å². The van der Waals surface area contributed by atoms with Crippen molar-refractivity contribution in [3.8, 4) is 6.07 Å². The van der Waals surface area contributed by atoms with Gasteiger partial charge in [-0.2, -0.15) is 5.26 Å². The fourth-order valence-corrected chi connectivity index (χ4v) is 2.56. The summed E-state index contributed by atoms with van der Waals surface area (Å²) in [6, 6.07) is 4.93. The van der Waals surface area contributed by atoms with Crippen molar-refractivity contribution in [3.05, 3.63) is 24.0 Å². The number of halogens is 1. The third kappa shape index (κ3) is 4.22. The molecule has 6 nitrogen and oxygen atoms in total. The summed E-state index contributed by atoms with van der Waals surface area (Å²) in [5.41, 5.74) is 5.40. The van der Waals surface area contributed by atoms with Gasteiger partial charge in [0, 0.05) is 12.2 Å². The highest BCUT2D eigenvalue weighted by Gasteiger charge is 2.22. The molecule has 0 heterocycles. The summed E-state index contributed by atoms with van der Waals surface area (Å²) in [4.78, 5) is 10.8. The molecule has 8 heteroatoms. The van der Waals surface area contributed by atoms with Gasteiger partial charge < -0.3 is 11.1 Å². The van der Waals surface area contributed by atoms with Crippen molar-refractivity contribution in [1.29, 1.82) is 5.26 Å². The van der Waals surface area contributed by atoms with Crippen molar-refractivity contribution >= 4 is 21.4 Å². The summed E-state index contributed by atoms with van der Waals surface area (Å²) in [7, 11) is -4.07. The maximum atomic E-state index is 13.5. The van der Waals surface area contributed by atoms with Gasteiger partial charge in [-0.05, 0) is 18.2 Å². The molecule has 0 unspecified atom stereocenters. The SMILES string of the molecule is N#CCCNC(=O)CS(=O)(=O)c1ccc(N)cc1F. The molecule has 0 aromatic heterocycles. The Balaban J connectivity index is 2.81. The Morgan fingerprint density at radius 1 is 1.47 bits per heavy atom. The van der Waals surface area contributed by atoms with Crippen molar-refractivity contribution in [1.82, 2.24) is 5.32 Å². The molecule has 0 bridgehead atoms. The Bertz CT molecular complexity index is 623. The quantitative estimate of drug-likeness (QED) is 0.593. The molecule has 0 fully saturated rings. The number of hydrogen-bond donors (Lipinski definition) is 2. The van der Waals surface area contributed by atoms with Crippen LogP contribution >= 0.6 is 0 Å². The summed E-state index contributed by atoms with van der Waals surface area (Å²) < 4.78 is 37.1. The van der Waals surface area contributed by atoms with Gasteiger partial charge in [0.15, 0.2) is 9.84 Å². The van der Waals surface area contributed by atoms with Gasteiger partial charge in [0.1, 0.15) is 16.5 Å². The lowest BCUT2D eigenvalue weighted by Gasteiger charge is -2.06. The van der Waals surface area contributed by atoms with Crippen LogP contribution < -0.4 is 11.1 Å². The van der Waals surface area contributed by atoms with Gasteiger partial charge in [-0.15, -0.1) is 0 Å². The molecule has 0 aliphatic carbocycles. The fourth-order valence-electron chi connectivity index (χ4n) is 1.33. The first-order valence-corrected chi connectivity index (χ1v) is 6.93. The number of hydrogen-bond acceptors (Lipinski definition) is 5. The van der Waals surface area contributed by atoms with Crippen LogP contribution in [0.1, 0.15) is 6.42 Å². The standard InChI is InChI=1S/C11H12FN3O3S/c12-9-6-8(14)2-3-10(9)19(17,18)7-11(16)15-5-1-4-13/h2-3,6H,1,5,7,14H2,(H,15,16). The number of rotatable bonds is 5. The Kier molecular flexibility index (Phi) is 4.83. The van der Waals surface area contributed by atoms with Gasteiger partial charge in [-0.1, -0.05) is 0 Å². The second kappa shape index (κ2) is 6.15. The molecule has 0 aliphatic heterocycles. The van der Waals surface area contributed by atoms with E-state index in [2.05, 4.69) is 5.32 Å². The van der Waals surface area contributed by atoms with Gasteiger partial charge in [0.25, 0.3) is 0 Å². The lowest BCUT2D eigenvalue weighted by molar-refractivity contribution is -0.118. The molecule has 0 radical (unpaired) electrons. The topological polar surface area (TPSA) is 113 Å². The van der Waals surface area contributed by atoms with E-state index in [1.165, 1.54) is 6.07 Å². The largest absolute Gasteiger partial charge is 0.399 e. The molecular formula is C11H12FN3O3S. The van der Waals surface area contributed by atoms with E-state index in [0.717, 1.165) is 12.1 Å². The van der Waals surface area contributed by atoms with Crippen molar-refractivity contribution in [2.24, 2.45) is 0 Å². The minimum Gasteiger partial charge on any atom is -0.399 e. The van der Waals surface area contributed by atoms with Crippen LogP contribution in [0.2, 0.25) is 0 Å². The normalized spacial score (nSPS) is 10.7. The molecule has 102 valence electrons. The Morgan fingerprint density at radius 3 is 2.74 bits per heavy atom. The predicted molar refractivity (Wildman–Crippen MR) is 66.1 cm³/mol.